The molecule has 3 rings (SSSR count). The smallest absolute Gasteiger partial charge is 0.296 e. The fourth-order valence-electron chi connectivity index (χ4n) is 2.62. The van der Waals surface area contributed by atoms with Gasteiger partial charge in [-0.2, -0.15) is 8.42 Å². The summed E-state index contributed by atoms with van der Waals surface area (Å²) in [5, 5.41) is 7.12. The molecule has 0 radical (unpaired) electrons. The summed E-state index contributed by atoms with van der Waals surface area (Å²) < 4.78 is 26.8. The number of nitrogens with one attached hydrogen (secondary N) is 1. The maximum absolute atomic E-state index is 11.1. The Bertz CT molecular complexity index is 897. The highest BCUT2D eigenvalue weighted by molar-refractivity contribution is 7.90. The zero-order valence-corrected chi connectivity index (χ0v) is 11.8. The van der Waals surface area contributed by atoms with E-state index in [1.54, 1.807) is 6.07 Å². The first kappa shape index (κ1) is 13.0. The molecule has 20 heavy (non-hydrogen) atoms. The quantitative estimate of drug-likeness (QED) is 0.777. The van der Waals surface area contributed by atoms with E-state index < -0.39 is 10.2 Å². The molecule has 0 aliphatic carbocycles. The standard InChI is InChI=1S/C14H15N3O2S/c1-2-17-13-6-4-3-5-11(13)12-9-10(7-8-14(12)17)16-20(15,18)19/h3-9,16H,2H2,1H3,(H2,15,18,19). The molecule has 0 atom stereocenters. The number of nitrogens with zero attached hydrogens (tertiary/aromatic N) is 1. The van der Waals surface area contributed by atoms with E-state index in [0.717, 1.165) is 28.4 Å². The number of aryl methyl sites for hydroxylation is 1. The monoisotopic (exact) mass is 289 g/mol. The van der Waals surface area contributed by atoms with Crippen LogP contribution in [0.1, 0.15) is 6.92 Å². The number of hydrogen-bond acceptors (Lipinski definition) is 2. The van der Waals surface area contributed by atoms with Crippen molar-refractivity contribution in [1.29, 1.82) is 0 Å². The van der Waals surface area contributed by atoms with E-state index in [0.29, 0.717) is 5.69 Å². The van der Waals surface area contributed by atoms with Crippen LogP contribution in [-0.4, -0.2) is 13.0 Å². The van der Waals surface area contributed by atoms with E-state index in [9.17, 15) is 8.42 Å². The number of rotatable bonds is 3. The van der Waals surface area contributed by atoms with Crippen molar-refractivity contribution in [2.24, 2.45) is 5.14 Å². The van der Waals surface area contributed by atoms with E-state index in [1.165, 1.54) is 0 Å². The third-order valence-electron chi connectivity index (χ3n) is 3.35. The average molecular weight is 289 g/mol. The zero-order valence-electron chi connectivity index (χ0n) is 11.0. The predicted molar refractivity (Wildman–Crippen MR) is 81.8 cm³/mol. The molecule has 0 saturated carbocycles. The van der Waals surface area contributed by atoms with Gasteiger partial charge in [0.25, 0.3) is 10.2 Å². The van der Waals surface area contributed by atoms with E-state index in [4.69, 9.17) is 5.14 Å². The second-order valence-corrected chi connectivity index (χ2v) is 5.93. The number of hydrogen-bond donors (Lipinski definition) is 2. The number of para-hydroxylation sites is 1. The van der Waals surface area contributed by atoms with Gasteiger partial charge in [-0.15, -0.1) is 0 Å². The SMILES string of the molecule is CCn1c2ccccc2c2cc(NS(N)(=O)=O)ccc21. The van der Waals surface area contributed by atoms with Crippen molar-refractivity contribution in [3.05, 3.63) is 42.5 Å². The third kappa shape index (κ3) is 2.13. The molecule has 1 heterocycles. The second-order valence-electron chi connectivity index (χ2n) is 4.64. The summed E-state index contributed by atoms with van der Waals surface area (Å²) in [6.45, 7) is 2.94. The third-order valence-corrected chi connectivity index (χ3v) is 3.87. The molecule has 3 N–H and O–H groups in total. The molecule has 0 spiro atoms. The van der Waals surface area contributed by atoms with Gasteiger partial charge >= 0.3 is 0 Å². The van der Waals surface area contributed by atoms with Crippen molar-refractivity contribution in [3.8, 4) is 0 Å². The Kier molecular flexibility index (Phi) is 2.92. The van der Waals surface area contributed by atoms with Gasteiger partial charge in [-0.25, -0.2) is 5.14 Å². The molecule has 104 valence electrons. The number of fused-ring (bicyclic) bond motifs is 3. The maximum Gasteiger partial charge on any atom is 0.296 e. The van der Waals surface area contributed by atoms with Crippen LogP contribution in [0.2, 0.25) is 0 Å². The van der Waals surface area contributed by atoms with Crippen LogP contribution in [0.25, 0.3) is 21.8 Å². The van der Waals surface area contributed by atoms with Crippen LogP contribution in [0.5, 0.6) is 0 Å². The molecule has 0 fully saturated rings. The van der Waals surface area contributed by atoms with Gasteiger partial charge in [0.2, 0.25) is 0 Å². The van der Waals surface area contributed by atoms with Gasteiger partial charge in [0.15, 0.2) is 0 Å². The first-order valence-electron chi connectivity index (χ1n) is 6.31. The highest BCUT2D eigenvalue weighted by Crippen LogP contribution is 2.30. The Balaban J connectivity index is 2.31. The molecule has 0 aliphatic heterocycles. The predicted octanol–water partition coefficient (Wildman–Crippen LogP) is 2.43. The lowest BCUT2D eigenvalue weighted by Gasteiger charge is -2.05. The van der Waals surface area contributed by atoms with Crippen molar-refractivity contribution in [1.82, 2.24) is 4.57 Å². The minimum absolute atomic E-state index is 0.471. The molecule has 5 nitrogen and oxygen atoms in total. The van der Waals surface area contributed by atoms with Crippen LogP contribution in [0.3, 0.4) is 0 Å². The largest absolute Gasteiger partial charge is 0.341 e. The first-order chi connectivity index (χ1) is 9.49. The first-order valence-corrected chi connectivity index (χ1v) is 7.86. The molecule has 1 aromatic heterocycles. The van der Waals surface area contributed by atoms with Crippen LogP contribution >= 0.6 is 0 Å². The van der Waals surface area contributed by atoms with Gasteiger partial charge in [-0.3, -0.25) is 4.72 Å². The van der Waals surface area contributed by atoms with Gasteiger partial charge in [0.05, 0.1) is 5.69 Å². The topological polar surface area (TPSA) is 77.1 Å². The van der Waals surface area contributed by atoms with Crippen molar-refractivity contribution in [2.45, 2.75) is 13.5 Å². The van der Waals surface area contributed by atoms with Crippen molar-refractivity contribution >= 4 is 37.7 Å². The fourth-order valence-corrected chi connectivity index (χ4v) is 3.08. The van der Waals surface area contributed by atoms with E-state index >= 15 is 0 Å². The Morgan fingerprint density at radius 3 is 2.50 bits per heavy atom. The van der Waals surface area contributed by atoms with E-state index in [1.807, 2.05) is 30.3 Å². The van der Waals surface area contributed by atoms with E-state index in [2.05, 4.69) is 22.3 Å². The molecule has 0 aliphatic rings. The average Bonchev–Trinajstić information content (AvgIpc) is 2.70. The van der Waals surface area contributed by atoms with Gasteiger partial charge in [-0.05, 0) is 31.2 Å². The molecular formula is C14H15N3O2S. The van der Waals surface area contributed by atoms with Gasteiger partial charge in [-0.1, -0.05) is 18.2 Å². The molecule has 3 aromatic rings. The molecule has 0 amide bonds. The summed E-state index contributed by atoms with van der Waals surface area (Å²) in [5.74, 6) is 0. The highest BCUT2D eigenvalue weighted by Gasteiger charge is 2.10. The van der Waals surface area contributed by atoms with Crippen LogP contribution in [0.4, 0.5) is 5.69 Å². The summed E-state index contributed by atoms with van der Waals surface area (Å²) in [5.41, 5.74) is 2.69. The summed E-state index contributed by atoms with van der Waals surface area (Å²) in [6, 6.07) is 13.5. The number of anilines is 1. The minimum atomic E-state index is -3.75. The molecule has 0 bridgehead atoms. The summed E-state index contributed by atoms with van der Waals surface area (Å²) in [7, 11) is -3.75. The zero-order chi connectivity index (χ0) is 14.3. The highest BCUT2D eigenvalue weighted by atomic mass is 32.2. The maximum atomic E-state index is 11.1. The van der Waals surface area contributed by atoms with Gasteiger partial charge < -0.3 is 4.57 Å². The summed E-state index contributed by atoms with van der Waals surface area (Å²) in [6.07, 6.45) is 0. The van der Waals surface area contributed by atoms with Crippen LogP contribution in [-0.2, 0) is 16.8 Å². The van der Waals surface area contributed by atoms with Crippen LogP contribution in [0, 0.1) is 0 Å². The number of aromatic nitrogens is 1. The number of benzene rings is 2. The summed E-state index contributed by atoms with van der Waals surface area (Å²) in [4.78, 5) is 0. The molecule has 6 heteroatoms. The second kappa shape index (κ2) is 4.50. The lowest BCUT2D eigenvalue weighted by Crippen LogP contribution is -2.21. The Hall–Kier alpha value is -2.05. The lowest BCUT2D eigenvalue weighted by molar-refractivity contribution is 0.603. The number of nitrogens with two attached hydrogens (primary N) is 1. The molecule has 2 aromatic carbocycles. The Labute approximate surface area is 117 Å². The van der Waals surface area contributed by atoms with E-state index in [-0.39, 0.29) is 0 Å². The van der Waals surface area contributed by atoms with Gasteiger partial charge in [0, 0.05) is 28.4 Å². The van der Waals surface area contributed by atoms with Crippen molar-refractivity contribution in [3.63, 3.8) is 0 Å². The molecule has 0 saturated heterocycles. The minimum Gasteiger partial charge on any atom is -0.341 e. The Morgan fingerprint density at radius 1 is 1.10 bits per heavy atom. The Morgan fingerprint density at radius 2 is 1.80 bits per heavy atom. The summed E-state index contributed by atoms with van der Waals surface area (Å²) >= 11 is 0. The van der Waals surface area contributed by atoms with Crippen molar-refractivity contribution < 1.29 is 8.42 Å². The fraction of sp³-hybridized carbons (Fsp3) is 0.143. The van der Waals surface area contributed by atoms with Crippen molar-refractivity contribution in [2.75, 3.05) is 4.72 Å². The van der Waals surface area contributed by atoms with Crippen LogP contribution < -0.4 is 9.86 Å². The molecular weight excluding hydrogens is 274 g/mol. The lowest BCUT2D eigenvalue weighted by atomic mass is 10.1. The molecule has 0 unspecified atom stereocenters. The normalized spacial score (nSPS) is 12.1. The van der Waals surface area contributed by atoms with Crippen LogP contribution in [0.15, 0.2) is 42.5 Å². The van der Waals surface area contributed by atoms with Gasteiger partial charge in [0.1, 0.15) is 0 Å².